The largest absolute Gasteiger partial charge is 0.490 e. The van der Waals surface area contributed by atoms with E-state index in [1.807, 2.05) is 17.8 Å². The van der Waals surface area contributed by atoms with Crippen LogP contribution in [0.2, 0.25) is 10.0 Å². The van der Waals surface area contributed by atoms with Crippen LogP contribution in [-0.4, -0.2) is 54.3 Å². The molecule has 1 saturated heterocycles. The molecule has 2 aromatic rings. The molecule has 0 bridgehead atoms. The molecule has 0 spiro atoms. The molecule has 7 heteroatoms. The Hall–Kier alpha value is -1.11. The van der Waals surface area contributed by atoms with Crippen LogP contribution < -0.4 is 9.64 Å². The molecule has 4 rings (SSSR count). The normalized spacial score (nSPS) is 18.9. The molecule has 1 N–H and O–H groups in total. The molecule has 0 unspecified atom stereocenters. The van der Waals surface area contributed by atoms with Gasteiger partial charge in [-0.1, -0.05) is 35.3 Å². The van der Waals surface area contributed by atoms with Gasteiger partial charge >= 0.3 is 0 Å². The topological polar surface area (TPSA) is 35.9 Å². The van der Waals surface area contributed by atoms with E-state index in [-0.39, 0.29) is 12.2 Å². The van der Waals surface area contributed by atoms with Gasteiger partial charge < -0.3 is 19.6 Å². The zero-order chi connectivity index (χ0) is 19.5. The van der Waals surface area contributed by atoms with E-state index in [1.165, 1.54) is 10.6 Å². The third kappa shape index (κ3) is 4.89. The summed E-state index contributed by atoms with van der Waals surface area (Å²) >= 11 is 13.9. The third-order valence-electron chi connectivity index (χ3n) is 5.21. The van der Waals surface area contributed by atoms with Crippen molar-refractivity contribution in [3.8, 4) is 5.75 Å². The fourth-order valence-electron chi connectivity index (χ4n) is 3.77. The molecule has 0 radical (unpaired) electrons. The summed E-state index contributed by atoms with van der Waals surface area (Å²) in [5.74, 6) is 1.67. The molecule has 2 aliphatic rings. The van der Waals surface area contributed by atoms with Crippen LogP contribution in [0.25, 0.3) is 0 Å². The van der Waals surface area contributed by atoms with E-state index in [0.29, 0.717) is 23.1 Å². The molecule has 28 heavy (non-hydrogen) atoms. The first-order valence-electron chi connectivity index (χ1n) is 9.57. The molecule has 2 heterocycles. The van der Waals surface area contributed by atoms with Crippen LogP contribution in [-0.2, 0) is 0 Å². The van der Waals surface area contributed by atoms with Crippen LogP contribution in [0.15, 0.2) is 47.4 Å². The quantitative estimate of drug-likeness (QED) is 0.702. The number of ether oxygens (including phenoxy) is 1. The van der Waals surface area contributed by atoms with E-state index < -0.39 is 0 Å². The summed E-state index contributed by atoms with van der Waals surface area (Å²) in [5.41, 5.74) is 1.24. The molecule has 0 aliphatic carbocycles. The van der Waals surface area contributed by atoms with Gasteiger partial charge in [-0.15, -0.1) is 11.8 Å². The first-order chi connectivity index (χ1) is 13.6. The third-order valence-corrected chi connectivity index (χ3v) is 7.05. The van der Waals surface area contributed by atoms with E-state index in [0.717, 1.165) is 37.6 Å². The van der Waals surface area contributed by atoms with Crippen molar-refractivity contribution in [1.82, 2.24) is 4.90 Å². The van der Waals surface area contributed by atoms with Gasteiger partial charge in [0.25, 0.3) is 0 Å². The number of benzene rings is 2. The number of thioether (sulfide) groups is 1. The summed E-state index contributed by atoms with van der Waals surface area (Å²) in [6.07, 6.45) is 1.69. The Labute approximate surface area is 180 Å². The SMILES string of the molecule is O[C@H](CN1CCC(Oc2ccc(Cl)c(Cl)c2)CC1)CN1CSc2ccccc21. The molecular weight excluding hydrogens is 415 g/mol. The number of rotatable bonds is 6. The number of hydrogen-bond donors (Lipinski definition) is 1. The minimum atomic E-state index is -0.362. The average Bonchev–Trinajstić information content (AvgIpc) is 3.09. The van der Waals surface area contributed by atoms with E-state index in [9.17, 15) is 5.11 Å². The highest BCUT2D eigenvalue weighted by molar-refractivity contribution is 7.99. The predicted molar refractivity (Wildman–Crippen MR) is 117 cm³/mol. The zero-order valence-electron chi connectivity index (χ0n) is 15.6. The molecule has 1 atom stereocenters. The van der Waals surface area contributed by atoms with Gasteiger partial charge in [-0.05, 0) is 37.1 Å². The molecule has 2 aliphatic heterocycles. The van der Waals surface area contributed by atoms with Gasteiger partial charge in [0, 0.05) is 37.1 Å². The second kappa shape index (κ2) is 9.14. The fourth-order valence-corrected chi connectivity index (χ4v) is 5.12. The molecule has 2 aromatic carbocycles. The van der Waals surface area contributed by atoms with Gasteiger partial charge in [0.2, 0.25) is 0 Å². The first-order valence-corrected chi connectivity index (χ1v) is 11.3. The number of β-amino-alcohol motifs (C(OH)–C–C–N with tert-alkyl or cyclic N) is 1. The number of para-hydroxylation sites is 1. The summed E-state index contributed by atoms with van der Waals surface area (Å²) in [7, 11) is 0. The van der Waals surface area contributed by atoms with Gasteiger partial charge in [-0.2, -0.15) is 0 Å². The molecule has 0 saturated carbocycles. The Morgan fingerprint density at radius 3 is 2.64 bits per heavy atom. The monoisotopic (exact) mass is 438 g/mol. The van der Waals surface area contributed by atoms with Crippen molar-refractivity contribution in [2.45, 2.75) is 29.9 Å². The summed E-state index contributed by atoms with van der Waals surface area (Å²) in [5, 5.41) is 11.6. The van der Waals surface area contributed by atoms with E-state index in [1.54, 1.807) is 12.1 Å². The van der Waals surface area contributed by atoms with E-state index >= 15 is 0 Å². The average molecular weight is 439 g/mol. The number of hydrogen-bond acceptors (Lipinski definition) is 5. The standard InChI is InChI=1S/C21H24Cl2N2O2S/c22-18-6-5-17(11-19(18)23)27-16-7-9-24(10-8-16)12-15(26)13-25-14-28-21-4-2-1-3-20(21)25/h1-6,11,15-16,26H,7-10,12-14H2/t15-/m1/s1. The number of fused-ring (bicyclic) bond motifs is 1. The van der Waals surface area contributed by atoms with Crippen molar-refractivity contribution in [3.05, 3.63) is 52.5 Å². The lowest BCUT2D eigenvalue weighted by molar-refractivity contribution is 0.0637. The number of aliphatic hydroxyl groups is 1. The molecule has 4 nitrogen and oxygen atoms in total. The van der Waals surface area contributed by atoms with E-state index in [2.05, 4.69) is 34.1 Å². The van der Waals surface area contributed by atoms with Gasteiger partial charge in [0.1, 0.15) is 11.9 Å². The molecule has 0 aromatic heterocycles. The maximum atomic E-state index is 10.6. The zero-order valence-corrected chi connectivity index (χ0v) is 17.9. The number of halogens is 2. The van der Waals surface area contributed by atoms with E-state index in [4.69, 9.17) is 27.9 Å². The summed E-state index contributed by atoms with van der Waals surface area (Å²) in [6, 6.07) is 13.8. The number of nitrogens with zero attached hydrogens (tertiary/aromatic N) is 2. The Bertz CT molecular complexity index is 815. The molecule has 1 fully saturated rings. The highest BCUT2D eigenvalue weighted by atomic mass is 35.5. The van der Waals surface area contributed by atoms with Crippen molar-refractivity contribution in [1.29, 1.82) is 0 Å². The predicted octanol–water partition coefficient (Wildman–Crippen LogP) is 4.77. The van der Waals surface area contributed by atoms with Gasteiger partial charge in [-0.25, -0.2) is 0 Å². The number of anilines is 1. The fraction of sp³-hybridized carbons (Fsp3) is 0.429. The smallest absolute Gasteiger partial charge is 0.121 e. The number of likely N-dealkylation sites (tertiary alicyclic amines) is 1. The summed E-state index contributed by atoms with van der Waals surface area (Å²) in [4.78, 5) is 5.90. The first kappa shape index (κ1) is 20.2. The Kier molecular flexibility index (Phi) is 6.59. The summed E-state index contributed by atoms with van der Waals surface area (Å²) < 4.78 is 6.05. The number of aliphatic hydroxyl groups excluding tert-OH is 1. The van der Waals surface area contributed by atoms with Gasteiger partial charge in [-0.3, -0.25) is 0 Å². The van der Waals surface area contributed by atoms with Gasteiger partial charge in [0.15, 0.2) is 0 Å². The van der Waals surface area contributed by atoms with Crippen molar-refractivity contribution in [2.24, 2.45) is 0 Å². The van der Waals surface area contributed by atoms with Crippen LogP contribution in [0.4, 0.5) is 5.69 Å². The van der Waals surface area contributed by atoms with Crippen molar-refractivity contribution in [2.75, 3.05) is 37.0 Å². The Balaban J connectivity index is 1.22. The van der Waals surface area contributed by atoms with Crippen LogP contribution in [0.5, 0.6) is 5.75 Å². The maximum absolute atomic E-state index is 10.6. The van der Waals surface area contributed by atoms with Crippen molar-refractivity contribution < 1.29 is 9.84 Å². The summed E-state index contributed by atoms with van der Waals surface area (Å²) in [6.45, 7) is 3.22. The van der Waals surface area contributed by atoms with Crippen LogP contribution in [0.3, 0.4) is 0 Å². The van der Waals surface area contributed by atoms with Crippen LogP contribution in [0, 0.1) is 0 Å². The lowest BCUT2D eigenvalue weighted by Crippen LogP contribution is -2.44. The Morgan fingerprint density at radius 2 is 1.86 bits per heavy atom. The van der Waals surface area contributed by atoms with Crippen molar-refractivity contribution in [3.63, 3.8) is 0 Å². The lowest BCUT2D eigenvalue weighted by Gasteiger charge is -2.34. The second-order valence-electron chi connectivity index (χ2n) is 7.31. The molecular formula is C21H24Cl2N2O2S. The van der Waals surface area contributed by atoms with Crippen LogP contribution >= 0.6 is 35.0 Å². The number of piperidine rings is 1. The minimum Gasteiger partial charge on any atom is -0.490 e. The lowest BCUT2D eigenvalue weighted by atomic mass is 10.1. The van der Waals surface area contributed by atoms with Gasteiger partial charge in [0.05, 0.1) is 27.7 Å². The second-order valence-corrected chi connectivity index (χ2v) is 9.11. The van der Waals surface area contributed by atoms with Crippen LogP contribution in [0.1, 0.15) is 12.8 Å². The highest BCUT2D eigenvalue weighted by Gasteiger charge is 2.25. The van der Waals surface area contributed by atoms with Crippen molar-refractivity contribution >= 4 is 40.7 Å². The molecule has 150 valence electrons. The maximum Gasteiger partial charge on any atom is 0.121 e. The molecule has 0 amide bonds. The highest BCUT2D eigenvalue weighted by Crippen LogP contribution is 2.38. The minimum absolute atomic E-state index is 0.174. The Morgan fingerprint density at radius 1 is 1.07 bits per heavy atom.